The molecule has 2 unspecified atom stereocenters. The van der Waals surface area contributed by atoms with Crippen LogP contribution >= 0.6 is 0 Å². The van der Waals surface area contributed by atoms with Gasteiger partial charge in [-0.05, 0) is 5.92 Å². The van der Waals surface area contributed by atoms with Crippen molar-refractivity contribution in [3.05, 3.63) is 18.0 Å². The average molecular weight is 206 g/mol. The first-order valence-electron chi connectivity index (χ1n) is 4.52. The maximum atomic E-state index is 12.7. The summed E-state index contributed by atoms with van der Waals surface area (Å²) >= 11 is 0. The number of aromatic nitrogens is 2. The van der Waals surface area contributed by atoms with Crippen molar-refractivity contribution in [3.63, 3.8) is 0 Å². The molecule has 0 fully saturated rings. The van der Waals surface area contributed by atoms with Crippen molar-refractivity contribution in [2.24, 2.45) is 5.92 Å². The number of aromatic amines is 1. The first kappa shape index (κ1) is 11.1. The summed E-state index contributed by atoms with van der Waals surface area (Å²) in [5, 5.41) is 5.96. The quantitative estimate of drug-likeness (QED) is 0.808. The van der Waals surface area contributed by atoms with Gasteiger partial charge in [-0.3, -0.25) is 5.10 Å². The first-order chi connectivity index (χ1) is 6.46. The molecule has 0 aliphatic carbocycles. The van der Waals surface area contributed by atoms with E-state index >= 15 is 0 Å². The SMILES string of the molecule is CCC(C)C(c1cn[nH]c1)C(F)(F)F. The Morgan fingerprint density at radius 3 is 2.50 bits per heavy atom. The van der Waals surface area contributed by atoms with Gasteiger partial charge in [0.1, 0.15) is 0 Å². The van der Waals surface area contributed by atoms with Crippen LogP contribution in [0, 0.1) is 5.92 Å². The molecule has 1 N–H and O–H groups in total. The van der Waals surface area contributed by atoms with Gasteiger partial charge < -0.3 is 0 Å². The summed E-state index contributed by atoms with van der Waals surface area (Å²) in [6, 6.07) is 0. The number of rotatable bonds is 3. The van der Waals surface area contributed by atoms with Crippen LogP contribution in [0.1, 0.15) is 31.7 Å². The second-order valence-corrected chi connectivity index (χ2v) is 3.44. The van der Waals surface area contributed by atoms with Crippen molar-refractivity contribution >= 4 is 0 Å². The van der Waals surface area contributed by atoms with Crippen molar-refractivity contribution in [1.82, 2.24) is 10.2 Å². The van der Waals surface area contributed by atoms with Crippen LogP contribution in [0.2, 0.25) is 0 Å². The highest BCUT2D eigenvalue weighted by Crippen LogP contribution is 2.40. The highest BCUT2D eigenvalue weighted by atomic mass is 19.4. The number of nitrogens with zero attached hydrogens (tertiary/aromatic N) is 1. The summed E-state index contributed by atoms with van der Waals surface area (Å²) in [6.07, 6.45) is -1.15. The van der Waals surface area contributed by atoms with Gasteiger partial charge in [0.05, 0.1) is 12.1 Å². The van der Waals surface area contributed by atoms with Crippen molar-refractivity contribution in [3.8, 4) is 0 Å². The molecule has 2 atom stereocenters. The molecule has 0 aliphatic heterocycles. The minimum Gasteiger partial charge on any atom is -0.285 e. The number of nitrogens with one attached hydrogen (secondary N) is 1. The van der Waals surface area contributed by atoms with Crippen LogP contribution in [0.3, 0.4) is 0 Å². The van der Waals surface area contributed by atoms with Crippen LogP contribution in [0.5, 0.6) is 0 Å². The lowest BCUT2D eigenvalue weighted by Gasteiger charge is -2.24. The molecule has 1 aromatic heterocycles. The van der Waals surface area contributed by atoms with Gasteiger partial charge >= 0.3 is 6.18 Å². The van der Waals surface area contributed by atoms with Gasteiger partial charge in [-0.15, -0.1) is 0 Å². The van der Waals surface area contributed by atoms with Crippen molar-refractivity contribution < 1.29 is 13.2 Å². The van der Waals surface area contributed by atoms with Crippen LogP contribution in [0.25, 0.3) is 0 Å². The zero-order valence-corrected chi connectivity index (χ0v) is 8.10. The fourth-order valence-electron chi connectivity index (χ4n) is 1.51. The lowest BCUT2D eigenvalue weighted by atomic mass is 9.87. The molecular formula is C9H13F3N2. The Morgan fingerprint density at radius 2 is 2.14 bits per heavy atom. The maximum Gasteiger partial charge on any atom is 0.396 e. The van der Waals surface area contributed by atoms with Gasteiger partial charge in [-0.2, -0.15) is 18.3 Å². The Bertz CT molecular complexity index is 266. The molecule has 0 saturated carbocycles. The smallest absolute Gasteiger partial charge is 0.285 e. The molecule has 1 aromatic rings. The highest BCUT2D eigenvalue weighted by Gasteiger charge is 2.43. The third-order valence-corrected chi connectivity index (χ3v) is 2.44. The second-order valence-electron chi connectivity index (χ2n) is 3.44. The third kappa shape index (κ3) is 2.27. The van der Waals surface area contributed by atoms with Gasteiger partial charge in [0.15, 0.2) is 0 Å². The molecule has 1 heterocycles. The second kappa shape index (κ2) is 4.02. The molecule has 14 heavy (non-hydrogen) atoms. The van der Waals surface area contributed by atoms with E-state index in [9.17, 15) is 13.2 Å². The summed E-state index contributed by atoms with van der Waals surface area (Å²) in [7, 11) is 0. The predicted molar refractivity (Wildman–Crippen MR) is 46.8 cm³/mol. The van der Waals surface area contributed by atoms with Gasteiger partial charge in [0.2, 0.25) is 0 Å². The van der Waals surface area contributed by atoms with Gasteiger partial charge in [0.25, 0.3) is 0 Å². The van der Waals surface area contributed by atoms with Crippen LogP contribution < -0.4 is 0 Å². The largest absolute Gasteiger partial charge is 0.396 e. The van der Waals surface area contributed by atoms with E-state index in [4.69, 9.17) is 0 Å². The van der Waals surface area contributed by atoms with Gasteiger partial charge in [0, 0.05) is 11.8 Å². The van der Waals surface area contributed by atoms with Crippen LogP contribution in [-0.2, 0) is 0 Å². The van der Waals surface area contributed by atoms with Crippen molar-refractivity contribution in [2.45, 2.75) is 32.4 Å². The molecule has 0 aromatic carbocycles. The van der Waals surface area contributed by atoms with E-state index in [0.717, 1.165) is 0 Å². The Balaban J connectivity index is 2.94. The molecular weight excluding hydrogens is 193 g/mol. The van der Waals surface area contributed by atoms with Crippen molar-refractivity contribution in [1.29, 1.82) is 0 Å². The normalized spacial score (nSPS) is 16.6. The van der Waals surface area contributed by atoms with Gasteiger partial charge in [-0.1, -0.05) is 20.3 Å². The maximum absolute atomic E-state index is 12.7. The molecule has 1 rings (SSSR count). The fourth-order valence-corrected chi connectivity index (χ4v) is 1.51. The molecule has 2 nitrogen and oxygen atoms in total. The molecule has 0 amide bonds. The molecule has 80 valence electrons. The topological polar surface area (TPSA) is 28.7 Å². The molecule has 0 aliphatic rings. The van der Waals surface area contributed by atoms with E-state index in [1.165, 1.54) is 12.4 Å². The van der Waals surface area contributed by atoms with E-state index in [0.29, 0.717) is 6.42 Å². The molecule has 0 bridgehead atoms. The van der Waals surface area contributed by atoms with Crippen LogP contribution in [0.4, 0.5) is 13.2 Å². The summed E-state index contributed by atoms with van der Waals surface area (Å²) in [5.74, 6) is -1.83. The highest BCUT2D eigenvalue weighted by molar-refractivity contribution is 5.14. The summed E-state index contributed by atoms with van der Waals surface area (Å²) in [5.41, 5.74) is 0.215. The standard InChI is InChI=1S/C9H13F3N2/c1-3-6(2)8(9(10,11)12)7-4-13-14-5-7/h4-6,8H,3H2,1-2H3,(H,13,14). The Kier molecular flexibility index (Phi) is 3.18. The number of alkyl halides is 3. The summed E-state index contributed by atoms with van der Waals surface area (Å²) in [6.45, 7) is 3.36. The minimum atomic E-state index is -4.20. The lowest BCUT2D eigenvalue weighted by Crippen LogP contribution is -2.26. The van der Waals surface area contributed by atoms with E-state index in [1.54, 1.807) is 13.8 Å². The van der Waals surface area contributed by atoms with Crippen LogP contribution in [0.15, 0.2) is 12.4 Å². The summed E-state index contributed by atoms with van der Waals surface area (Å²) in [4.78, 5) is 0. The Hall–Kier alpha value is -1.00. The predicted octanol–water partition coefficient (Wildman–Crippen LogP) is 3.10. The monoisotopic (exact) mass is 206 g/mol. The van der Waals surface area contributed by atoms with E-state index in [2.05, 4.69) is 10.2 Å². The van der Waals surface area contributed by atoms with E-state index < -0.39 is 18.0 Å². The summed E-state index contributed by atoms with van der Waals surface area (Å²) < 4.78 is 38.0. The van der Waals surface area contributed by atoms with Gasteiger partial charge in [-0.25, -0.2) is 0 Å². The molecule has 5 heteroatoms. The number of halogens is 3. The van der Waals surface area contributed by atoms with E-state index in [-0.39, 0.29) is 5.56 Å². The van der Waals surface area contributed by atoms with E-state index in [1.807, 2.05) is 0 Å². The number of hydrogen-bond acceptors (Lipinski definition) is 1. The zero-order chi connectivity index (χ0) is 10.8. The van der Waals surface area contributed by atoms with Crippen molar-refractivity contribution in [2.75, 3.05) is 0 Å². The Labute approximate surface area is 80.5 Å². The lowest BCUT2D eigenvalue weighted by molar-refractivity contribution is -0.161. The number of hydrogen-bond donors (Lipinski definition) is 1. The third-order valence-electron chi connectivity index (χ3n) is 2.44. The fraction of sp³-hybridized carbons (Fsp3) is 0.667. The minimum absolute atomic E-state index is 0.215. The zero-order valence-electron chi connectivity index (χ0n) is 8.10. The first-order valence-corrected chi connectivity index (χ1v) is 4.52. The molecule has 0 radical (unpaired) electrons. The molecule has 0 spiro atoms. The Morgan fingerprint density at radius 1 is 1.50 bits per heavy atom. The average Bonchev–Trinajstić information content (AvgIpc) is 2.54. The molecule has 0 saturated heterocycles. The van der Waals surface area contributed by atoms with Crippen LogP contribution in [-0.4, -0.2) is 16.4 Å². The number of H-pyrrole nitrogens is 1.